The molecule has 3 aromatic rings. The van der Waals surface area contributed by atoms with Gasteiger partial charge >= 0.3 is 12.4 Å². The summed E-state index contributed by atoms with van der Waals surface area (Å²) in [6.07, 6.45) is -4.16. The van der Waals surface area contributed by atoms with Gasteiger partial charge in [0.2, 0.25) is 0 Å². The summed E-state index contributed by atoms with van der Waals surface area (Å²) in [6.45, 7) is 2.18. The standard InChI is InChI=1S/C28H29F6N3/c1-2-17-4-3-5-20-12-21(26(36-24(17)20)37-25(18-6-7-18)19-8-9-19)15-35-14-16-10-22(27(29,30)31)13-23(11-16)28(32,33)34/h3-5,10-13,18-19,25,35H,2,6-9,14-15H2,1H3,(H,36,37). The van der Waals surface area contributed by atoms with Gasteiger partial charge in [-0.25, -0.2) is 4.98 Å². The Morgan fingerprint density at radius 3 is 2.00 bits per heavy atom. The number of para-hydroxylation sites is 1. The summed E-state index contributed by atoms with van der Waals surface area (Å²) in [7, 11) is 0. The normalized spacial score (nSPS) is 16.5. The molecule has 2 N–H and O–H groups in total. The van der Waals surface area contributed by atoms with Gasteiger partial charge in [-0.2, -0.15) is 26.3 Å². The van der Waals surface area contributed by atoms with E-state index in [4.69, 9.17) is 4.98 Å². The molecule has 5 rings (SSSR count). The number of rotatable bonds is 9. The number of alkyl halides is 6. The molecule has 37 heavy (non-hydrogen) atoms. The maximum atomic E-state index is 13.2. The smallest absolute Gasteiger partial charge is 0.366 e. The van der Waals surface area contributed by atoms with Crippen LogP contribution in [0.2, 0.25) is 0 Å². The highest BCUT2D eigenvalue weighted by molar-refractivity contribution is 5.84. The molecule has 1 aromatic heterocycles. The van der Waals surface area contributed by atoms with Gasteiger partial charge in [-0.05, 0) is 79.3 Å². The number of pyridine rings is 1. The van der Waals surface area contributed by atoms with Crippen molar-refractivity contribution in [2.75, 3.05) is 5.32 Å². The molecule has 0 radical (unpaired) electrons. The van der Waals surface area contributed by atoms with Crippen molar-refractivity contribution in [1.29, 1.82) is 0 Å². The van der Waals surface area contributed by atoms with Crippen LogP contribution in [-0.4, -0.2) is 11.0 Å². The minimum Gasteiger partial charge on any atom is -0.366 e. The summed E-state index contributed by atoms with van der Waals surface area (Å²) < 4.78 is 79.5. The highest BCUT2D eigenvalue weighted by atomic mass is 19.4. The van der Waals surface area contributed by atoms with Crippen LogP contribution in [0.1, 0.15) is 60.4 Å². The average Bonchev–Trinajstić information content (AvgIpc) is 3.75. The summed E-state index contributed by atoms with van der Waals surface area (Å²) >= 11 is 0. The van der Waals surface area contributed by atoms with E-state index in [1.54, 1.807) is 0 Å². The Kier molecular flexibility index (Phi) is 6.85. The van der Waals surface area contributed by atoms with Gasteiger partial charge < -0.3 is 10.6 Å². The zero-order valence-corrected chi connectivity index (χ0v) is 20.4. The first kappa shape index (κ1) is 25.8. The lowest BCUT2D eigenvalue weighted by atomic mass is 10.0. The summed E-state index contributed by atoms with van der Waals surface area (Å²) in [4.78, 5) is 4.98. The zero-order chi connectivity index (χ0) is 26.4. The molecule has 2 aromatic carbocycles. The Morgan fingerprint density at radius 1 is 0.838 bits per heavy atom. The van der Waals surface area contributed by atoms with Crippen molar-refractivity contribution < 1.29 is 26.3 Å². The number of benzene rings is 2. The van der Waals surface area contributed by atoms with Crippen LogP contribution in [0.4, 0.5) is 32.2 Å². The molecular formula is C28H29F6N3. The maximum Gasteiger partial charge on any atom is 0.416 e. The molecule has 0 amide bonds. The molecule has 0 spiro atoms. The van der Waals surface area contributed by atoms with Gasteiger partial charge in [0.1, 0.15) is 5.82 Å². The van der Waals surface area contributed by atoms with E-state index in [-0.39, 0.29) is 24.7 Å². The van der Waals surface area contributed by atoms with Crippen LogP contribution in [0, 0.1) is 11.8 Å². The van der Waals surface area contributed by atoms with Gasteiger partial charge in [0.25, 0.3) is 0 Å². The monoisotopic (exact) mass is 521 g/mol. The minimum atomic E-state index is -4.87. The second-order valence-corrected chi connectivity index (χ2v) is 10.2. The molecule has 9 heteroatoms. The molecule has 2 aliphatic carbocycles. The first-order chi connectivity index (χ1) is 17.5. The largest absolute Gasteiger partial charge is 0.416 e. The van der Waals surface area contributed by atoms with E-state index < -0.39 is 23.5 Å². The zero-order valence-electron chi connectivity index (χ0n) is 20.4. The first-order valence-electron chi connectivity index (χ1n) is 12.7. The van der Waals surface area contributed by atoms with Crippen molar-refractivity contribution in [2.45, 2.75) is 70.5 Å². The predicted molar refractivity (Wildman–Crippen MR) is 131 cm³/mol. The Hall–Kier alpha value is -2.81. The number of aryl methyl sites for hydroxylation is 1. The number of anilines is 1. The van der Waals surface area contributed by atoms with Gasteiger partial charge in [0.15, 0.2) is 0 Å². The Balaban J connectivity index is 1.41. The summed E-state index contributed by atoms with van der Waals surface area (Å²) in [6, 6.07) is 10.0. The van der Waals surface area contributed by atoms with Gasteiger partial charge in [0.05, 0.1) is 16.6 Å². The third-order valence-electron chi connectivity index (χ3n) is 7.24. The molecule has 1 heterocycles. The number of fused-ring (bicyclic) bond motifs is 1. The third kappa shape index (κ3) is 6.03. The minimum absolute atomic E-state index is 0.0764. The van der Waals surface area contributed by atoms with E-state index in [0.717, 1.165) is 46.4 Å². The fourth-order valence-corrected chi connectivity index (χ4v) is 5.00. The Morgan fingerprint density at radius 2 is 1.46 bits per heavy atom. The highest BCUT2D eigenvalue weighted by Crippen LogP contribution is 2.46. The van der Waals surface area contributed by atoms with Crippen molar-refractivity contribution in [1.82, 2.24) is 10.3 Å². The van der Waals surface area contributed by atoms with Gasteiger partial charge in [-0.3, -0.25) is 0 Å². The lowest BCUT2D eigenvalue weighted by Crippen LogP contribution is -2.26. The maximum absolute atomic E-state index is 13.2. The topological polar surface area (TPSA) is 37.0 Å². The van der Waals surface area contributed by atoms with Gasteiger partial charge in [0, 0.05) is 30.1 Å². The number of aromatic nitrogens is 1. The van der Waals surface area contributed by atoms with E-state index in [0.29, 0.717) is 17.9 Å². The van der Waals surface area contributed by atoms with Crippen molar-refractivity contribution >= 4 is 16.7 Å². The number of halogens is 6. The third-order valence-corrected chi connectivity index (χ3v) is 7.24. The van der Waals surface area contributed by atoms with Crippen molar-refractivity contribution in [3.63, 3.8) is 0 Å². The molecule has 0 aliphatic heterocycles. The van der Waals surface area contributed by atoms with Gasteiger partial charge in [-0.15, -0.1) is 0 Å². The fourth-order valence-electron chi connectivity index (χ4n) is 5.00. The first-order valence-corrected chi connectivity index (χ1v) is 12.7. The number of nitrogens with one attached hydrogen (secondary N) is 2. The van der Waals surface area contributed by atoms with Crippen LogP contribution in [0.15, 0.2) is 42.5 Å². The summed E-state index contributed by atoms with van der Waals surface area (Å²) in [5, 5.41) is 7.68. The highest BCUT2D eigenvalue weighted by Gasteiger charge is 2.42. The second-order valence-electron chi connectivity index (χ2n) is 10.2. The van der Waals surface area contributed by atoms with E-state index in [1.807, 2.05) is 24.3 Å². The Labute approximate surface area is 211 Å². The quantitative estimate of drug-likeness (QED) is 0.283. The molecule has 0 unspecified atom stereocenters. The van der Waals surface area contributed by atoms with E-state index in [9.17, 15) is 26.3 Å². The van der Waals surface area contributed by atoms with Crippen LogP contribution in [0.3, 0.4) is 0 Å². The van der Waals surface area contributed by atoms with Crippen LogP contribution in [0.25, 0.3) is 10.9 Å². The van der Waals surface area contributed by atoms with Gasteiger partial charge in [-0.1, -0.05) is 25.1 Å². The second kappa shape index (κ2) is 9.82. The van der Waals surface area contributed by atoms with Crippen LogP contribution < -0.4 is 10.6 Å². The van der Waals surface area contributed by atoms with Crippen molar-refractivity contribution in [3.05, 3.63) is 70.3 Å². The van der Waals surface area contributed by atoms with Crippen molar-refractivity contribution in [2.24, 2.45) is 11.8 Å². The summed E-state index contributed by atoms with van der Waals surface area (Å²) in [5.74, 6) is 1.99. The van der Waals surface area contributed by atoms with Crippen LogP contribution in [0.5, 0.6) is 0 Å². The number of hydrogen-bond acceptors (Lipinski definition) is 3. The van der Waals surface area contributed by atoms with E-state index >= 15 is 0 Å². The molecule has 2 fully saturated rings. The SMILES string of the molecule is CCc1cccc2cc(CNCc3cc(C(F)(F)F)cc(C(F)(F)F)c3)c(NC(C3CC3)C3CC3)nc12. The van der Waals surface area contributed by atoms with E-state index in [2.05, 4.69) is 17.6 Å². The molecule has 0 saturated heterocycles. The lowest BCUT2D eigenvalue weighted by Gasteiger charge is -2.22. The number of nitrogens with zero attached hydrogens (tertiary/aromatic N) is 1. The predicted octanol–water partition coefficient (Wildman–Crippen LogP) is 7.73. The summed E-state index contributed by atoms with van der Waals surface area (Å²) in [5.41, 5.74) is 0.185. The molecule has 2 aliphatic rings. The fraction of sp³-hybridized carbons (Fsp3) is 0.464. The molecule has 3 nitrogen and oxygen atoms in total. The molecule has 2 saturated carbocycles. The molecule has 198 valence electrons. The Bertz CT molecular complexity index is 1230. The number of hydrogen-bond donors (Lipinski definition) is 2. The average molecular weight is 522 g/mol. The molecule has 0 atom stereocenters. The van der Waals surface area contributed by atoms with Crippen LogP contribution in [-0.2, 0) is 31.9 Å². The van der Waals surface area contributed by atoms with E-state index in [1.165, 1.54) is 25.7 Å². The lowest BCUT2D eigenvalue weighted by molar-refractivity contribution is -0.143. The molecule has 0 bridgehead atoms. The molecular weight excluding hydrogens is 492 g/mol. The van der Waals surface area contributed by atoms with Crippen LogP contribution >= 0.6 is 0 Å². The van der Waals surface area contributed by atoms with Crippen molar-refractivity contribution in [3.8, 4) is 0 Å².